The van der Waals surface area contributed by atoms with Crippen molar-refractivity contribution in [1.82, 2.24) is 4.90 Å². The quantitative estimate of drug-likeness (QED) is 0.0231. The molecule has 0 bridgehead atoms. The summed E-state index contributed by atoms with van der Waals surface area (Å²) in [5, 5.41) is 0. The maximum Gasteiger partial charge on any atom is 0.313 e. The van der Waals surface area contributed by atoms with Gasteiger partial charge in [0.05, 0.1) is 98.9 Å². The highest BCUT2D eigenvalue weighted by molar-refractivity contribution is 5.72. The van der Waals surface area contributed by atoms with Crippen molar-refractivity contribution in [3.8, 4) is 5.75 Å². The summed E-state index contributed by atoms with van der Waals surface area (Å²) in [5.74, 6) is -13.2. The molecule has 0 aliphatic carbocycles. The van der Waals surface area contributed by atoms with Crippen LogP contribution in [0.1, 0.15) is 60.3 Å². The van der Waals surface area contributed by atoms with E-state index in [1.807, 2.05) is 27.7 Å². The number of rotatable bonds is 25. The van der Waals surface area contributed by atoms with Crippen molar-refractivity contribution in [2.45, 2.75) is 60.3 Å². The minimum Gasteiger partial charge on any atom is -0.420 e. The molecule has 0 aromatic heterocycles. The van der Waals surface area contributed by atoms with Crippen LogP contribution in [0.5, 0.6) is 5.75 Å². The van der Waals surface area contributed by atoms with E-state index in [2.05, 4.69) is 23.6 Å². The first-order valence-electron chi connectivity index (χ1n) is 17.6. The van der Waals surface area contributed by atoms with Crippen molar-refractivity contribution >= 4 is 12.3 Å². The smallest absolute Gasteiger partial charge is 0.313 e. The predicted octanol–water partition coefficient (Wildman–Crippen LogP) is 5.78. The molecule has 1 saturated heterocycles. The summed E-state index contributed by atoms with van der Waals surface area (Å²) < 4.78 is 107. The minimum absolute atomic E-state index is 0.0825. The van der Waals surface area contributed by atoms with Gasteiger partial charge in [0.2, 0.25) is 34.8 Å². The number of nitrogens with zero attached hydrogens (tertiary/aromatic N) is 1. The number of ether oxygens (including phenoxy) is 8. The second-order valence-electron chi connectivity index (χ2n) is 10.4. The second-order valence-corrected chi connectivity index (χ2v) is 10.4. The molecule has 51 heavy (non-hydrogen) atoms. The number of benzene rings is 1. The fourth-order valence-electron chi connectivity index (χ4n) is 3.69. The Morgan fingerprint density at radius 1 is 0.588 bits per heavy atom. The molecule has 0 amide bonds. The van der Waals surface area contributed by atoms with Gasteiger partial charge < -0.3 is 47.6 Å². The van der Waals surface area contributed by atoms with Crippen LogP contribution in [0, 0.1) is 35.0 Å². The fourth-order valence-corrected chi connectivity index (χ4v) is 3.69. The van der Waals surface area contributed by atoms with Gasteiger partial charge in [-0.1, -0.05) is 34.6 Å². The Labute approximate surface area is 300 Å². The molecule has 16 heteroatoms. The van der Waals surface area contributed by atoms with E-state index in [1.165, 1.54) is 25.9 Å². The average molecular weight is 750 g/mol. The minimum atomic E-state index is -2.35. The summed E-state index contributed by atoms with van der Waals surface area (Å²) in [6.45, 7) is 17.2. The third-order valence-corrected chi connectivity index (χ3v) is 6.46. The highest BCUT2D eigenvalue weighted by atomic mass is 19.2. The van der Waals surface area contributed by atoms with Crippen LogP contribution in [0.25, 0.3) is 0 Å². The van der Waals surface area contributed by atoms with Crippen LogP contribution in [0.3, 0.4) is 0 Å². The zero-order valence-corrected chi connectivity index (χ0v) is 31.2. The third-order valence-electron chi connectivity index (χ3n) is 6.46. The molecule has 2 rings (SSSR count). The number of halogens is 5. The zero-order valence-electron chi connectivity index (χ0n) is 31.2. The first-order chi connectivity index (χ1) is 24.7. The molecule has 0 spiro atoms. The number of carbonyl (C=O) groups is 2. The van der Waals surface area contributed by atoms with Crippen molar-refractivity contribution in [3.63, 3.8) is 0 Å². The average Bonchev–Trinajstić information content (AvgIpc) is 3.15. The van der Waals surface area contributed by atoms with Crippen LogP contribution in [0.15, 0.2) is 0 Å². The lowest BCUT2D eigenvalue weighted by Crippen LogP contribution is -2.28. The van der Waals surface area contributed by atoms with Crippen LogP contribution in [0.4, 0.5) is 22.0 Å². The summed E-state index contributed by atoms with van der Waals surface area (Å²) >= 11 is 0. The van der Waals surface area contributed by atoms with Gasteiger partial charge in [0.15, 0.2) is 0 Å². The summed E-state index contributed by atoms with van der Waals surface area (Å²) in [5.41, 5.74) is 0. The molecule has 0 N–H and O–H groups in total. The maximum atomic E-state index is 13.5. The molecule has 1 aromatic rings. The molecule has 1 fully saturated rings. The highest BCUT2D eigenvalue weighted by Crippen LogP contribution is 2.29. The molecule has 0 saturated carbocycles. The molecule has 300 valence electrons. The Kier molecular flexibility index (Phi) is 35.9. The SMILES string of the molecule is CC.CC.CC1CCN(C)CC1.O=CCCOCCOCCOCCOCCOCCOCCOCCC(=O)Oc1c(F)c(F)c(F)c(F)c1F. The van der Waals surface area contributed by atoms with E-state index in [0.29, 0.717) is 72.5 Å². The second kappa shape index (κ2) is 36.1. The van der Waals surface area contributed by atoms with Crippen LogP contribution in [0.2, 0.25) is 0 Å². The topological polar surface area (TPSA) is 111 Å². The van der Waals surface area contributed by atoms with E-state index < -0.39 is 47.2 Å². The molecular weight excluding hydrogens is 689 g/mol. The van der Waals surface area contributed by atoms with Gasteiger partial charge in [-0.3, -0.25) is 4.79 Å². The Balaban J connectivity index is 0. The maximum absolute atomic E-state index is 13.5. The Hall–Kier alpha value is -2.31. The normalized spacial score (nSPS) is 12.9. The summed E-state index contributed by atoms with van der Waals surface area (Å²) in [6, 6.07) is 0. The fraction of sp³-hybridized carbons (Fsp3) is 0.771. The van der Waals surface area contributed by atoms with Crippen molar-refractivity contribution < 1.29 is 69.4 Å². The molecular formula is C35H60F5NO10. The number of aldehydes is 1. The predicted molar refractivity (Wildman–Crippen MR) is 181 cm³/mol. The highest BCUT2D eigenvalue weighted by Gasteiger charge is 2.28. The van der Waals surface area contributed by atoms with E-state index in [1.54, 1.807) is 0 Å². The molecule has 0 radical (unpaired) electrons. The zero-order chi connectivity index (χ0) is 38.7. The van der Waals surface area contributed by atoms with E-state index in [0.717, 1.165) is 12.2 Å². The molecule has 1 heterocycles. The van der Waals surface area contributed by atoms with Gasteiger partial charge in [-0.25, -0.2) is 13.2 Å². The summed E-state index contributed by atoms with van der Waals surface area (Å²) in [4.78, 5) is 24.1. The van der Waals surface area contributed by atoms with Crippen LogP contribution in [-0.2, 0) is 42.7 Å². The number of carbonyl (C=O) groups excluding carboxylic acids is 2. The molecule has 1 aliphatic rings. The Morgan fingerprint density at radius 3 is 1.24 bits per heavy atom. The van der Waals surface area contributed by atoms with Crippen molar-refractivity contribution in [2.24, 2.45) is 5.92 Å². The third kappa shape index (κ3) is 27.0. The molecule has 1 aliphatic heterocycles. The standard InChI is InChI=1S/C24H33F5O10.C7H15N.2C2H6/c25-19-20(26)22(28)24(23(29)21(19)27)39-18(31)2-5-33-7-9-35-11-13-37-15-17-38-16-14-36-12-10-34-8-6-32-4-1-3-30;1-7-3-5-8(2)6-4-7;2*1-2/h3H,1-2,4-17H2;7H,3-6H2,1-2H3;2*1-2H3. The van der Waals surface area contributed by atoms with Crippen LogP contribution >= 0.6 is 0 Å². The lowest BCUT2D eigenvalue weighted by Gasteiger charge is -2.26. The number of hydrogen-bond acceptors (Lipinski definition) is 11. The van der Waals surface area contributed by atoms with Gasteiger partial charge in [0, 0.05) is 6.42 Å². The summed E-state index contributed by atoms with van der Waals surface area (Å²) in [7, 11) is 2.20. The number of esters is 1. The van der Waals surface area contributed by atoms with Gasteiger partial charge in [-0.05, 0) is 38.9 Å². The molecule has 11 nitrogen and oxygen atoms in total. The molecule has 0 unspecified atom stereocenters. The van der Waals surface area contributed by atoms with Gasteiger partial charge in [-0.15, -0.1) is 0 Å². The number of likely N-dealkylation sites (tertiary alicyclic amines) is 1. The lowest BCUT2D eigenvalue weighted by molar-refractivity contribution is -0.136. The van der Waals surface area contributed by atoms with Gasteiger partial charge in [0.1, 0.15) is 6.29 Å². The van der Waals surface area contributed by atoms with Gasteiger partial charge in [0.25, 0.3) is 0 Å². The lowest BCUT2D eigenvalue weighted by atomic mass is 10.00. The Morgan fingerprint density at radius 2 is 0.902 bits per heavy atom. The Bertz CT molecular complexity index is 950. The van der Waals surface area contributed by atoms with Crippen molar-refractivity contribution in [3.05, 3.63) is 29.1 Å². The van der Waals surface area contributed by atoms with E-state index in [-0.39, 0.29) is 26.4 Å². The first kappa shape index (κ1) is 50.8. The number of hydrogen-bond donors (Lipinski definition) is 0. The molecule has 1 aromatic carbocycles. The molecule has 0 atom stereocenters. The van der Waals surface area contributed by atoms with Crippen LogP contribution < -0.4 is 4.74 Å². The van der Waals surface area contributed by atoms with Gasteiger partial charge >= 0.3 is 5.97 Å². The van der Waals surface area contributed by atoms with E-state index >= 15 is 0 Å². The van der Waals surface area contributed by atoms with Crippen LogP contribution in [-0.4, -0.2) is 130 Å². The largest absolute Gasteiger partial charge is 0.420 e. The number of piperidine rings is 1. The van der Waals surface area contributed by atoms with E-state index in [4.69, 9.17) is 33.2 Å². The monoisotopic (exact) mass is 749 g/mol. The van der Waals surface area contributed by atoms with Crippen molar-refractivity contribution in [1.29, 1.82) is 0 Å². The van der Waals surface area contributed by atoms with Crippen molar-refractivity contribution in [2.75, 3.05) is 113 Å². The van der Waals surface area contributed by atoms with Gasteiger partial charge in [-0.2, -0.15) is 8.78 Å². The summed E-state index contributed by atoms with van der Waals surface area (Å²) in [6.07, 6.45) is 3.49. The van der Waals surface area contributed by atoms with E-state index in [9.17, 15) is 31.5 Å². The first-order valence-corrected chi connectivity index (χ1v) is 17.6.